The molecule has 1 unspecified atom stereocenters. The molecule has 1 atom stereocenters. The number of hydrogen-bond donors (Lipinski definition) is 2. The number of rotatable bonds is 5. The lowest BCUT2D eigenvalue weighted by atomic mass is 10.1. The minimum atomic E-state index is -0.868. The molecule has 0 aliphatic heterocycles. The molecule has 88 valence electrons. The number of aliphatic hydroxyl groups excluding tert-OH is 2. The highest BCUT2D eigenvalue weighted by atomic mass is 32.2. The van der Waals surface area contributed by atoms with Gasteiger partial charge in [0.1, 0.15) is 5.82 Å². The molecule has 0 heterocycles. The first-order valence-corrected chi connectivity index (χ1v) is 5.76. The van der Waals surface area contributed by atoms with Crippen LogP contribution in [0.2, 0.25) is 0 Å². The third kappa shape index (κ3) is 3.30. The molecule has 0 aliphatic carbocycles. The van der Waals surface area contributed by atoms with Crippen LogP contribution >= 0.6 is 11.8 Å². The Morgan fingerprint density at radius 3 is 2.81 bits per heavy atom. The third-order valence-corrected chi connectivity index (χ3v) is 3.17. The van der Waals surface area contributed by atoms with Crippen LogP contribution in [-0.4, -0.2) is 34.5 Å². The van der Waals surface area contributed by atoms with Gasteiger partial charge in [0.2, 0.25) is 0 Å². The fraction of sp³-hybridized carbons (Fsp3) is 0.364. The zero-order chi connectivity index (χ0) is 12.1. The molecule has 1 aromatic rings. The second-order valence-electron chi connectivity index (χ2n) is 3.32. The Kier molecular flexibility index (Phi) is 4.92. The van der Waals surface area contributed by atoms with Gasteiger partial charge in [-0.1, -0.05) is 6.07 Å². The van der Waals surface area contributed by atoms with E-state index in [4.69, 9.17) is 10.2 Å². The average Bonchev–Trinajstić information content (AvgIpc) is 2.25. The zero-order valence-corrected chi connectivity index (χ0v) is 9.63. The minimum absolute atomic E-state index is 0.0395. The quantitative estimate of drug-likeness (QED) is 0.608. The van der Waals surface area contributed by atoms with Gasteiger partial charge in [-0.05, 0) is 19.1 Å². The summed E-state index contributed by atoms with van der Waals surface area (Å²) >= 11 is 1.15. The number of carbonyl (C=O) groups is 1. The first-order valence-electron chi connectivity index (χ1n) is 4.77. The van der Waals surface area contributed by atoms with E-state index in [-0.39, 0.29) is 23.7 Å². The summed E-state index contributed by atoms with van der Waals surface area (Å²) in [4.78, 5) is 11.7. The van der Waals surface area contributed by atoms with E-state index in [0.29, 0.717) is 4.90 Å². The highest BCUT2D eigenvalue weighted by Crippen LogP contribution is 2.25. The van der Waals surface area contributed by atoms with Crippen molar-refractivity contribution >= 4 is 17.5 Å². The van der Waals surface area contributed by atoms with E-state index in [1.807, 2.05) is 0 Å². The molecule has 3 nitrogen and oxygen atoms in total. The molecular weight excluding hydrogens is 231 g/mol. The van der Waals surface area contributed by atoms with Crippen molar-refractivity contribution in [2.24, 2.45) is 0 Å². The number of aliphatic hydroxyl groups is 2. The van der Waals surface area contributed by atoms with Gasteiger partial charge in [0.15, 0.2) is 5.78 Å². The Labute approximate surface area is 97.3 Å². The predicted octanol–water partition coefficient (Wildman–Crippen LogP) is 1.47. The van der Waals surface area contributed by atoms with E-state index < -0.39 is 11.9 Å². The van der Waals surface area contributed by atoms with Crippen LogP contribution in [0.4, 0.5) is 4.39 Å². The Balaban J connectivity index is 2.87. The van der Waals surface area contributed by atoms with Gasteiger partial charge < -0.3 is 10.2 Å². The number of ketones is 1. The maximum atomic E-state index is 13.4. The van der Waals surface area contributed by atoms with Crippen LogP contribution in [0.5, 0.6) is 0 Å². The van der Waals surface area contributed by atoms with Crippen molar-refractivity contribution in [1.82, 2.24) is 0 Å². The molecule has 0 spiro atoms. The van der Waals surface area contributed by atoms with Gasteiger partial charge in [-0.25, -0.2) is 4.39 Å². The summed E-state index contributed by atoms with van der Waals surface area (Å²) in [5.41, 5.74) is 0.0395. The van der Waals surface area contributed by atoms with Gasteiger partial charge in [-0.2, -0.15) is 0 Å². The smallest absolute Gasteiger partial charge is 0.163 e. The number of carbonyl (C=O) groups excluding carboxylic acids is 1. The highest BCUT2D eigenvalue weighted by molar-refractivity contribution is 7.99. The maximum Gasteiger partial charge on any atom is 0.163 e. The number of hydrogen-bond acceptors (Lipinski definition) is 4. The summed E-state index contributed by atoms with van der Waals surface area (Å²) < 4.78 is 13.4. The lowest BCUT2D eigenvalue weighted by Crippen LogP contribution is -2.15. The topological polar surface area (TPSA) is 57.5 Å². The highest BCUT2D eigenvalue weighted by Gasteiger charge is 2.14. The molecule has 0 radical (unpaired) electrons. The van der Waals surface area contributed by atoms with Crippen molar-refractivity contribution in [2.75, 3.05) is 12.4 Å². The molecule has 0 fully saturated rings. The van der Waals surface area contributed by atoms with Gasteiger partial charge in [0.25, 0.3) is 0 Å². The van der Waals surface area contributed by atoms with E-state index in [0.717, 1.165) is 11.8 Å². The maximum absolute atomic E-state index is 13.4. The molecule has 0 saturated carbocycles. The summed E-state index contributed by atoms with van der Waals surface area (Å²) in [7, 11) is 0. The first-order chi connectivity index (χ1) is 7.56. The van der Waals surface area contributed by atoms with Crippen LogP contribution < -0.4 is 0 Å². The van der Waals surface area contributed by atoms with Crippen molar-refractivity contribution in [3.63, 3.8) is 0 Å². The molecule has 1 aromatic carbocycles. The molecule has 0 amide bonds. The number of benzene rings is 1. The third-order valence-electron chi connectivity index (χ3n) is 1.97. The first kappa shape index (κ1) is 13.2. The van der Waals surface area contributed by atoms with E-state index in [2.05, 4.69) is 0 Å². The number of thioether (sulfide) groups is 1. The van der Waals surface area contributed by atoms with Crippen molar-refractivity contribution in [1.29, 1.82) is 0 Å². The van der Waals surface area contributed by atoms with Gasteiger partial charge in [0, 0.05) is 10.6 Å². The van der Waals surface area contributed by atoms with Crippen molar-refractivity contribution in [3.8, 4) is 0 Å². The molecule has 0 aliphatic rings. The lowest BCUT2D eigenvalue weighted by Gasteiger charge is -2.09. The van der Waals surface area contributed by atoms with E-state index >= 15 is 0 Å². The molecule has 1 rings (SSSR count). The van der Waals surface area contributed by atoms with E-state index in [1.54, 1.807) is 6.07 Å². The zero-order valence-electron chi connectivity index (χ0n) is 8.81. The largest absolute Gasteiger partial charge is 0.394 e. The van der Waals surface area contributed by atoms with E-state index in [1.165, 1.54) is 19.1 Å². The van der Waals surface area contributed by atoms with Gasteiger partial charge in [0.05, 0.1) is 18.3 Å². The molecule has 0 saturated heterocycles. The van der Waals surface area contributed by atoms with Gasteiger partial charge in [-0.3, -0.25) is 4.79 Å². The Morgan fingerprint density at radius 1 is 1.56 bits per heavy atom. The van der Waals surface area contributed by atoms with E-state index in [9.17, 15) is 9.18 Å². The molecule has 5 heteroatoms. The number of Topliss-reactive ketones (excluding diaryl/α,β-unsaturated/α-hetero) is 1. The summed E-state index contributed by atoms with van der Waals surface area (Å²) in [5.74, 6) is -0.685. The molecular formula is C11H13FO3S. The average molecular weight is 244 g/mol. The van der Waals surface area contributed by atoms with Crippen molar-refractivity contribution in [2.45, 2.75) is 17.9 Å². The van der Waals surface area contributed by atoms with Crippen LogP contribution in [0, 0.1) is 5.82 Å². The van der Waals surface area contributed by atoms with Crippen LogP contribution in [-0.2, 0) is 0 Å². The van der Waals surface area contributed by atoms with Crippen LogP contribution in [0.1, 0.15) is 17.3 Å². The van der Waals surface area contributed by atoms with Crippen molar-refractivity contribution in [3.05, 3.63) is 29.6 Å². The molecule has 16 heavy (non-hydrogen) atoms. The Hall–Kier alpha value is -0.910. The standard InChI is InChI=1S/C11H13FO3S/c1-7(14)11-9(12)3-2-4-10(11)16-6-8(15)5-13/h2-4,8,13,15H,5-6H2,1H3. The second-order valence-corrected chi connectivity index (χ2v) is 4.38. The van der Waals surface area contributed by atoms with Gasteiger partial charge >= 0.3 is 0 Å². The number of halogens is 1. The molecule has 0 aromatic heterocycles. The van der Waals surface area contributed by atoms with Crippen molar-refractivity contribution < 1.29 is 19.4 Å². The molecule has 2 N–H and O–H groups in total. The second kappa shape index (κ2) is 5.98. The fourth-order valence-electron chi connectivity index (χ4n) is 1.20. The monoisotopic (exact) mass is 244 g/mol. The van der Waals surface area contributed by atoms with Crippen LogP contribution in [0.15, 0.2) is 23.1 Å². The SMILES string of the molecule is CC(=O)c1c(F)cccc1SCC(O)CO. The van der Waals surface area contributed by atoms with Crippen LogP contribution in [0.3, 0.4) is 0 Å². The Bertz CT molecular complexity index is 381. The minimum Gasteiger partial charge on any atom is -0.394 e. The lowest BCUT2D eigenvalue weighted by molar-refractivity contribution is 0.101. The van der Waals surface area contributed by atoms with Gasteiger partial charge in [-0.15, -0.1) is 11.8 Å². The molecule has 0 bridgehead atoms. The summed E-state index contributed by atoms with van der Waals surface area (Å²) in [6.07, 6.45) is -0.868. The summed E-state index contributed by atoms with van der Waals surface area (Å²) in [6.45, 7) is 0.947. The summed E-state index contributed by atoms with van der Waals surface area (Å²) in [5, 5.41) is 17.8. The van der Waals surface area contributed by atoms with Crippen LogP contribution in [0.25, 0.3) is 0 Å². The normalized spacial score (nSPS) is 12.5. The fourth-order valence-corrected chi connectivity index (χ4v) is 2.24. The predicted molar refractivity (Wildman–Crippen MR) is 60.2 cm³/mol. The summed E-state index contributed by atoms with van der Waals surface area (Å²) in [6, 6.07) is 4.35. The Morgan fingerprint density at radius 2 is 2.25 bits per heavy atom.